The van der Waals surface area contributed by atoms with Crippen molar-refractivity contribution in [3.8, 4) is 0 Å². The predicted molar refractivity (Wildman–Crippen MR) is 70.6 cm³/mol. The maximum absolute atomic E-state index is 11.8. The van der Waals surface area contributed by atoms with Crippen LogP contribution in [0.2, 0.25) is 0 Å². The molecular weight excluding hydrogens is 228 g/mol. The van der Waals surface area contributed by atoms with E-state index in [9.17, 15) is 4.79 Å². The van der Waals surface area contributed by atoms with Gasteiger partial charge in [0, 0.05) is 12.2 Å². The van der Waals surface area contributed by atoms with Gasteiger partial charge >= 0.3 is 0 Å². The van der Waals surface area contributed by atoms with Crippen LogP contribution < -0.4 is 10.6 Å². The van der Waals surface area contributed by atoms with E-state index in [1.165, 1.54) is 6.42 Å². The summed E-state index contributed by atoms with van der Waals surface area (Å²) in [7, 11) is 0. The first-order valence-electron chi connectivity index (χ1n) is 6.71. The summed E-state index contributed by atoms with van der Waals surface area (Å²) in [5.74, 6) is 0.989. The maximum Gasteiger partial charge on any atom is 0.271 e. The Morgan fingerprint density at radius 3 is 3.06 bits per heavy atom. The number of amides is 1. The van der Waals surface area contributed by atoms with Crippen LogP contribution in [0.15, 0.2) is 6.07 Å². The van der Waals surface area contributed by atoms with Gasteiger partial charge in [-0.3, -0.25) is 9.89 Å². The SMILES string of the molecule is CC(C)c1cc(C(=O)NCCC2CCNC2)n[nH]1. The van der Waals surface area contributed by atoms with Gasteiger partial charge in [-0.25, -0.2) is 0 Å². The minimum absolute atomic E-state index is 0.0795. The average molecular weight is 250 g/mol. The van der Waals surface area contributed by atoms with Gasteiger partial charge in [-0.1, -0.05) is 13.8 Å². The van der Waals surface area contributed by atoms with Crippen molar-refractivity contribution in [2.45, 2.75) is 32.6 Å². The number of hydrogen-bond acceptors (Lipinski definition) is 3. The molecule has 0 aromatic carbocycles. The van der Waals surface area contributed by atoms with E-state index in [2.05, 4.69) is 34.7 Å². The molecule has 1 saturated heterocycles. The van der Waals surface area contributed by atoms with Crippen LogP contribution in [0.3, 0.4) is 0 Å². The summed E-state index contributed by atoms with van der Waals surface area (Å²) in [4.78, 5) is 11.8. The monoisotopic (exact) mass is 250 g/mol. The third kappa shape index (κ3) is 3.32. The largest absolute Gasteiger partial charge is 0.351 e. The lowest BCUT2D eigenvalue weighted by Crippen LogP contribution is -2.26. The first-order chi connectivity index (χ1) is 8.66. The molecule has 100 valence electrons. The highest BCUT2D eigenvalue weighted by Gasteiger charge is 2.15. The first kappa shape index (κ1) is 13.1. The molecular formula is C13H22N4O. The molecule has 1 unspecified atom stereocenters. The molecule has 1 aromatic heterocycles. The lowest BCUT2D eigenvalue weighted by atomic mass is 10.1. The van der Waals surface area contributed by atoms with Crippen molar-refractivity contribution in [1.82, 2.24) is 20.8 Å². The number of carbonyl (C=O) groups excluding carboxylic acids is 1. The van der Waals surface area contributed by atoms with Crippen molar-refractivity contribution < 1.29 is 4.79 Å². The Bertz CT molecular complexity index is 393. The van der Waals surface area contributed by atoms with Gasteiger partial charge in [0.1, 0.15) is 5.69 Å². The Balaban J connectivity index is 1.76. The van der Waals surface area contributed by atoms with Gasteiger partial charge in [-0.2, -0.15) is 5.10 Å². The molecule has 1 fully saturated rings. The Hall–Kier alpha value is -1.36. The highest BCUT2D eigenvalue weighted by molar-refractivity contribution is 5.92. The molecule has 1 aliphatic heterocycles. The van der Waals surface area contributed by atoms with E-state index in [4.69, 9.17) is 0 Å². The van der Waals surface area contributed by atoms with Crippen LogP contribution in [0.5, 0.6) is 0 Å². The fourth-order valence-electron chi connectivity index (χ4n) is 2.19. The number of hydrogen-bond donors (Lipinski definition) is 3. The van der Waals surface area contributed by atoms with Crippen LogP contribution in [0, 0.1) is 5.92 Å². The molecule has 3 N–H and O–H groups in total. The molecule has 5 nitrogen and oxygen atoms in total. The second-order valence-electron chi connectivity index (χ2n) is 5.27. The maximum atomic E-state index is 11.8. The van der Waals surface area contributed by atoms with E-state index in [0.717, 1.165) is 31.7 Å². The van der Waals surface area contributed by atoms with Crippen molar-refractivity contribution in [2.75, 3.05) is 19.6 Å². The topological polar surface area (TPSA) is 69.8 Å². The lowest BCUT2D eigenvalue weighted by molar-refractivity contribution is 0.0946. The zero-order valence-electron chi connectivity index (χ0n) is 11.1. The average Bonchev–Trinajstić information content (AvgIpc) is 2.99. The number of nitrogens with one attached hydrogen (secondary N) is 3. The van der Waals surface area contributed by atoms with Crippen LogP contribution in [0.25, 0.3) is 0 Å². The Morgan fingerprint density at radius 1 is 1.61 bits per heavy atom. The highest BCUT2D eigenvalue weighted by Crippen LogP contribution is 2.12. The lowest BCUT2D eigenvalue weighted by Gasteiger charge is -2.08. The van der Waals surface area contributed by atoms with Crippen molar-refractivity contribution >= 4 is 5.91 Å². The molecule has 5 heteroatoms. The molecule has 18 heavy (non-hydrogen) atoms. The summed E-state index contributed by atoms with van der Waals surface area (Å²) in [6.45, 7) is 7.06. The molecule has 0 saturated carbocycles. The first-order valence-corrected chi connectivity index (χ1v) is 6.71. The van der Waals surface area contributed by atoms with E-state index in [1.54, 1.807) is 0 Å². The number of rotatable bonds is 5. The van der Waals surface area contributed by atoms with E-state index in [-0.39, 0.29) is 5.91 Å². The van der Waals surface area contributed by atoms with Gasteiger partial charge in [0.25, 0.3) is 5.91 Å². The Labute approximate surface area is 108 Å². The normalized spacial score (nSPS) is 19.4. The van der Waals surface area contributed by atoms with Crippen molar-refractivity contribution in [3.05, 3.63) is 17.5 Å². The number of H-pyrrole nitrogens is 1. The molecule has 2 rings (SSSR count). The van der Waals surface area contributed by atoms with E-state index >= 15 is 0 Å². The second kappa shape index (κ2) is 6.00. The smallest absolute Gasteiger partial charge is 0.271 e. The number of carbonyl (C=O) groups is 1. The number of aromatic amines is 1. The van der Waals surface area contributed by atoms with Gasteiger partial charge in [0.2, 0.25) is 0 Å². The van der Waals surface area contributed by atoms with Crippen LogP contribution in [-0.2, 0) is 0 Å². The molecule has 0 radical (unpaired) electrons. The standard InChI is InChI=1S/C13H22N4O/c1-9(2)11-7-12(17-16-11)13(18)15-6-4-10-3-5-14-8-10/h7,9-10,14H,3-6,8H2,1-2H3,(H,15,18)(H,16,17). The van der Waals surface area contributed by atoms with Crippen LogP contribution in [-0.4, -0.2) is 35.7 Å². The minimum Gasteiger partial charge on any atom is -0.351 e. The fraction of sp³-hybridized carbons (Fsp3) is 0.692. The summed E-state index contributed by atoms with van der Waals surface area (Å²) in [5.41, 5.74) is 1.49. The van der Waals surface area contributed by atoms with Crippen molar-refractivity contribution in [1.29, 1.82) is 0 Å². The summed E-state index contributed by atoms with van der Waals surface area (Å²) in [5, 5.41) is 13.2. The molecule has 2 heterocycles. The second-order valence-corrected chi connectivity index (χ2v) is 5.27. The highest BCUT2D eigenvalue weighted by atomic mass is 16.1. The van der Waals surface area contributed by atoms with Crippen LogP contribution in [0.1, 0.15) is 48.8 Å². The third-order valence-electron chi connectivity index (χ3n) is 3.45. The number of nitrogens with zero attached hydrogens (tertiary/aromatic N) is 1. The van der Waals surface area contributed by atoms with E-state index in [1.807, 2.05) is 6.07 Å². The molecule has 0 bridgehead atoms. The molecule has 1 aromatic rings. The molecule has 0 aliphatic carbocycles. The van der Waals surface area contributed by atoms with Crippen LogP contribution >= 0.6 is 0 Å². The fourth-order valence-corrected chi connectivity index (χ4v) is 2.19. The Morgan fingerprint density at radius 2 is 2.44 bits per heavy atom. The molecule has 1 aliphatic rings. The van der Waals surface area contributed by atoms with Crippen LogP contribution in [0.4, 0.5) is 0 Å². The third-order valence-corrected chi connectivity index (χ3v) is 3.45. The van der Waals surface area contributed by atoms with Crippen molar-refractivity contribution in [2.24, 2.45) is 5.92 Å². The molecule has 1 atom stereocenters. The van der Waals surface area contributed by atoms with E-state index in [0.29, 0.717) is 17.5 Å². The minimum atomic E-state index is -0.0795. The van der Waals surface area contributed by atoms with E-state index < -0.39 is 0 Å². The van der Waals surface area contributed by atoms with Gasteiger partial charge in [-0.05, 0) is 43.8 Å². The van der Waals surface area contributed by atoms with Gasteiger partial charge in [0.05, 0.1) is 0 Å². The van der Waals surface area contributed by atoms with Gasteiger partial charge in [-0.15, -0.1) is 0 Å². The number of aromatic nitrogens is 2. The molecule has 1 amide bonds. The summed E-state index contributed by atoms with van der Waals surface area (Å²) in [6, 6.07) is 1.83. The summed E-state index contributed by atoms with van der Waals surface area (Å²) in [6.07, 6.45) is 2.26. The molecule has 0 spiro atoms. The summed E-state index contributed by atoms with van der Waals surface area (Å²) >= 11 is 0. The van der Waals surface area contributed by atoms with Crippen molar-refractivity contribution in [3.63, 3.8) is 0 Å². The van der Waals surface area contributed by atoms with Gasteiger partial charge < -0.3 is 10.6 Å². The predicted octanol–water partition coefficient (Wildman–Crippen LogP) is 1.26. The zero-order valence-corrected chi connectivity index (χ0v) is 11.1. The quantitative estimate of drug-likeness (QED) is 0.737. The Kier molecular flexibility index (Phi) is 4.36. The zero-order chi connectivity index (χ0) is 13.0. The summed E-state index contributed by atoms with van der Waals surface area (Å²) < 4.78 is 0. The van der Waals surface area contributed by atoms with Gasteiger partial charge in [0.15, 0.2) is 0 Å².